The van der Waals surface area contributed by atoms with Crippen molar-refractivity contribution in [2.24, 2.45) is 0 Å². The summed E-state index contributed by atoms with van der Waals surface area (Å²) in [4.78, 5) is 15.4. The fourth-order valence-electron chi connectivity index (χ4n) is 3.31. The Labute approximate surface area is 177 Å². The average molecular weight is 425 g/mol. The maximum atomic E-state index is 13.5. The van der Waals surface area contributed by atoms with Crippen LogP contribution in [0.5, 0.6) is 0 Å². The number of hydrogen-bond acceptors (Lipinski definition) is 5. The summed E-state index contributed by atoms with van der Waals surface area (Å²) in [5, 5.41) is 16.2. The molecule has 0 aliphatic carbocycles. The quantitative estimate of drug-likeness (QED) is 0.424. The number of rotatable bonds is 8. The van der Waals surface area contributed by atoms with Crippen molar-refractivity contribution >= 4 is 28.6 Å². The lowest BCUT2D eigenvalue weighted by atomic mass is 10.1. The lowest BCUT2D eigenvalue weighted by molar-refractivity contribution is -0.118. The lowest BCUT2D eigenvalue weighted by Gasteiger charge is -2.09. The van der Waals surface area contributed by atoms with E-state index in [2.05, 4.69) is 32.7 Å². The van der Waals surface area contributed by atoms with E-state index in [0.717, 1.165) is 34.1 Å². The maximum Gasteiger partial charge on any atom is 0.230 e. The Morgan fingerprint density at radius 3 is 2.97 bits per heavy atom. The second-order valence-electron chi connectivity index (χ2n) is 6.75. The molecule has 2 heterocycles. The molecule has 4 rings (SSSR count). The van der Waals surface area contributed by atoms with Crippen LogP contribution in [0.25, 0.3) is 16.6 Å². The Morgan fingerprint density at radius 1 is 1.23 bits per heavy atom. The van der Waals surface area contributed by atoms with Gasteiger partial charge in [-0.3, -0.25) is 4.79 Å². The van der Waals surface area contributed by atoms with Crippen molar-refractivity contribution in [3.8, 4) is 5.69 Å². The minimum absolute atomic E-state index is 0.107. The fourth-order valence-corrected chi connectivity index (χ4v) is 4.03. The molecule has 0 bridgehead atoms. The minimum atomic E-state index is -0.272. The van der Waals surface area contributed by atoms with Crippen molar-refractivity contribution in [3.63, 3.8) is 0 Å². The van der Waals surface area contributed by atoms with Crippen LogP contribution in [0.2, 0.25) is 0 Å². The van der Waals surface area contributed by atoms with E-state index in [9.17, 15) is 9.18 Å². The highest BCUT2D eigenvalue weighted by Crippen LogP contribution is 2.21. The van der Waals surface area contributed by atoms with Gasteiger partial charge in [0.25, 0.3) is 0 Å². The van der Waals surface area contributed by atoms with E-state index < -0.39 is 0 Å². The van der Waals surface area contributed by atoms with Gasteiger partial charge >= 0.3 is 0 Å². The van der Waals surface area contributed by atoms with E-state index in [1.165, 1.54) is 23.9 Å². The van der Waals surface area contributed by atoms with Crippen LogP contribution < -0.4 is 5.32 Å². The van der Waals surface area contributed by atoms with Crippen LogP contribution in [-0.2, 0) is 17.6 Å². The SMILES string of the molecule is CCc1ccccc1-n1nnnc1SCC(=O)NCCc1c[nH]c2ccc(F)cc12. The van der Waals surface area contributed by atoms with Gasteiger partial charge in [0.1, 0.15) is 5.82 Å². The molecule has 0 saturated carbocycles. The maximum absolute atomic E-state index is 13.5. The van der Waals surface area contributed by atoms with E-state index in [1.54, 1.807) is 10.7 Å². The van der Waals surface area contributed by atoms with Gasteiger partial charge in [-0.2, -0.15) is 4.68 Å². The third-order valence-electron chi connectivity index (χ3n) is 4.82. The predicted octanol–water partition coefficient (Wildman–Crippen LogP) is 3.30. The highest BCUT2D eigenvalue weighted by atomic mass is 32.2. The van der Waals surface area contributed by atoms with Crippen LogP contribution in [0.3, 0.4) is 0 Å². The molecule has 9 heteroatoms. The van der Waals surface area contributed by atoms with Crippen LogP contribution in [-0.4, -0.2) is 43.4 Å². The van der Waals surface area contributed by atoms with Crippen molar-refractivity contribution in [2.75, 3.05) is 12.3 Å². The van der Waals surface area contributed by atoms with Crippen LogP contribution >= 0.6 is 11.8 Å². The number of tetrazole rings is 1. The number of thioether (sulfide) groups is 1. The Hall–Kier alpha value is -3.20. The number of carbonyl (C=O) groups excluding carboxylic acids is 1. The first-order chi connectivity index (χ1) is 14.7. The Kier molecular flexibility index (Phi) is 6.08. The molecule has 4 aromatic rings. The zero-order valence-electron chi connectivity index (χ0n) is 16.4. The number of nitrogens with one attached hydrogen (secondary N) is 2. The Balaban J connectivity index is 1.33. The topological polar surface area (TPSA) is 88.5 Å². The standard InChI is InChI=1S/C21H21FN6OS/c1-2-14-5-3-4-6-19(14)28-21(25-26-27-28)30-13-20(29)23-10-9-15-12-24-18-8-7-16(22)11-17(15)18/h3-8,11-12,24H,2,9-10,13H2,1H3,(H,23,29). The van der Waals surface area contributed by atoms with Crippen molar-refractivity contribution in [1.82, 2.24) is 30.5 Å². The summed E-state index contributed by atoms with van der Waals surface area (Å²) in [6.07, 6.45) is 3.32. The summed E-state index contributed by atoms with van der Waals surface area (Å²) in [6.45, 7) is 2.54. The number of halogens is 1. The molecule has 0 unspecified atom stereocenters. The van der Waals surface area contributed by atoms with Gasteiger partial charge in [0.15, 0.2) is 0 Å². The van der Waals surface area contributed by atoms with Gasteiger partial charge in [-0.1, -0.05) is 36.9 Å². The number of fused-ring (bicyclic) bond motifs is 1. The zero-order valence-corrected chi connectivity index (χ0v) is 17.2. The number of carbonyl (C=O) groups is 1. The number of aryl methyl sites for hydroxylation is 1. The molecule has 0 radical (unpaired) electrons. The summed E-state index contributed by atoms with van der Waals surface area (Å²) in [7, 11) is 0. The number of nitrogens with zero attached hydrogens (tertiary/aromatic N) is 4. The molecule has 1 amide bonds. The van der Waals surface area contributed by atoms with Gasteiger partial charge in [-0.15, -0.1) is 5.10 Å². The number of hydrogen-bond donors (Lipinski definition) is 2. The van der Waals surface area contributed by atoms with E-state index in [-0.39, 0.29) is 17.5 Å². The second kappa shape index (κ2) is 9.08. The van der Waals surface area contributed by atoms with Gasteiger partial charge in [0, 0.05) is 23.6 Å². The van der Waals surface area contributed by atoms with Crippen LogP contribution in [0.4, 0.5) is 4.39 Å². The summed E-state index contributed by atoms with van der Waals surface area (Å²) in [6, 6.07) is 12.6. The molecule has 0 fully saturated rings. The summed E-state index contributed by atoms with van der Waals surface area (Å²) < 4.78 is 15.1. The third kappa shape index (κ3) is 4.35. The number of para-hydroxylation sites is 1. The molecule has 0 spiro atoms. The van der Waals surface area contributed by atoms with Gasteiger partial charge in [-0.05, 0) is 58.7 Å². The van der Waals surface area contributed by atoms with Crippen LogP contribution in [0.15, 0.2) is 53.8 Å². The first kappa shape index (κ1) is 20.1. The normalized spacial score (nSPS) is 11.1. The van der Waals surface area contributed by atoms with E-state index in [4.69, 9.17) is 0 Å². The lowest BCUT2D eigenvalue weighted by Crippen LogP contribution is -2.27. The fraction of sp³-hybridized carbons (Fsp3) is 0.238. The molecule has 2 N–H and O–H groups in total. The first-order valence-electron chi connectivity index (χ1n) is 9.67. The molecule has 0 saturated heterocycles. The molecule has 0 aliphatic heterocycles. The number of aromatic amines is 1. The van der Waals surface area contributed by atoms with E-state index in [0.29, 0.717) is 18.1 Å². The monoisotopic (exact) mass is 424 g/mol. The van der Waals surface area contributed by atoms with Crippen LogP contribution in [0, 0.1) is 5.82 Å². The largest absolute Gasteiger partial charge is 0.361 e. The first-order valence-corrected chi connectivity index (χ1v) is 10.7. The molecule has 0 aliphatic rings. The Morgan fingerprint density at radius 2 is 2.10 bits per heavy atom. The van der Waals surface area contributed by atoms with Crippen molar-refractivity contribution in [1.29, 1.82) is 0 Å². The zero-order chi connectivity index (χ0) is 20.9. The Bertz CT molecular complexity index is 1170. The predicted molar refractivity (Wildman–Crippen MR) is 114 cm³/mol. The molecular formula is C21H21FN6OS. The molecule has 2 aromatic heterocycles. The molecular weight excluding hydrogens is 403 g/mol. The van der Waals surface area contributed by atoms with Crippen molar-refractivity contribution < 1.29 is 9.18 Å². The highest BCUT2D eigenvalue weighted by molar-refractivity contribution is 7.99. The molecule has 0 atom stereocenters. The van der Waals surface area contributed by atoms with E-state index in [1.807, 2.05) is 30.5 Å². The number of benzene rings is 2. The van der Waals surface area contributed by atoms with Gasteiger partial charge in [0.05, 0.1) is 11.4 Å². The molecule has 2 aromatic carbocycles. The van der Waals surface area contributed by atoms with Crippen molar-refractivity contribution in [2.45, 2.75) is 24.9 Å². The molecule has 7 nitrogen and oxygen atoms in total. The number of aromatic nitrogens is 5. The second-order valence-corrected chi connectivity index (χ2v) is 7.69. The average Bonchev–Trinajstić information content (AvgIpc) is 3.39. The summed E-state index contributed by atoms with van der Waals surface area (Å²) >= 11 is 1.29. The van der Waals surface area contributed by atoms with Crippen molar-refractivity contribution in [3.05, 3.63) is 65.6 Å². The third-order valence-corrected chi connectivity index (χ3v) is 5.74. The highest BCUT2D eigenvalue weighted by Gasteiger charge is 2.13. The van der Waals surface area contributed by atoms with Gasteiger partial charge < -0.3 is 10.3 Å². The smallest absolute Gasteiger partial charge is 0.230 e. The summed E-state index contributed by atoms with van der Waals surface area (Å²) in [5.74, 6) is -0.174. The van der Waals surface area contributed by atoms with E-state index >= 15 is 0 Å². The molecule has 154 valence electrons. The summed E-state index contributed by atoms with van der Waals surface area (Å²) in [5.41, 5.74) is 3.90. The minimum Gasteiger partial charge on any atom is -0.361 e. The number of amides is 1. The molecule has 30 heavy (non-hydrogen) atoms. The van der Waals surface area contributed by atoms with Gasteiger partial charge in [-0.25, -0.2) is 4.39 Å². The number of H-pyrrole nitrogens is 1. The van der Waals surface area contributed by atoms with Crippen LogP contribution in [0.1, 0.15) is 18.1 Å². The van der Waals surface area contributed by atoms with Gasteiger partial charge in [0.2, 0.25) is 11.1 Å².